The first-order valence-electron chi connectivity index (χ1n) is 8.32. The molecule has 0 fully saturated rings. The van der Waals surface area contributed by atoms with Gasteiger partial charge in [0.05, 0.1) is 5.92 Å². The van der Waals surface area contributed by atoms with Crippen LogP contribution in [0.5, 0.6) is 5.75 Å². The molecule has 0 radical (unpaired) electrons. The second-order valence-electron chi connectivity index (χ2n) is 6.12. The lowest BCUT2D eigenvalue weighted by Gasteiger charge is -2.27. The zero-order valence-corrected chi connectivity index (χ0v) is 15.8. The molecule has 0 N–H and O–H groups in total. The van der Waals surface area contributed by atoms with E-state index in [1.165, 1.54) is 0 Å². The van der Waals surface area contributed by atoms with E-state index in [2.05, 4.69) is 0 Å². The predicted octanol–water partition coefficient (Wildman–Crippen LogP) is 4.37. The minimum Gasteiger partial charge on any atom is -0.772 e. The summed E-state index contributed by atoms with van der Waals surface area (Å²) in [5, 5.41) is 1.97. The van der Waals surface area contributed by atoms with E-state index in [-0.39, 0.29) is 5.75 Å². The molecule has 1 aromatic heterocycles. The number of benzene rings is 2. The minimum absolute atomic E-state index is 0.0300. The Morgan fingerprint density at radius 3 is 2.52 bits per heavy atom. The van der Waals surface area contributed by atoms with Crippen molar-refractivity contribution in [2.45, 2.75) is 11.7 Å². The first kappa shape index (κ1) is 17.9. The number of allylic oxidation sites excluding steroid dienone is 1. The van der Waals surface area contributed by atoms with E-state index in [9.17, 15) is 13.6 Å². The largest absolute Gasteiger partial charge is 0.772 e. The zero-order chi connectivity index (χ0) is 18.8. The molecule has 136 valence electrons. The van der Waals surface area contributed by atoms with Crippen LogP contribution < -0.4 is 4.74 Å². The molecule has 2 atom stereocenters. The number of hydrogen-bond acceptors (Lipinski definition) is 5. The Bertz CT molecular complexity index is 1020. The third kappa shape index (κ3) is 3.51. The van der Waals surface area contributed by atoms with E-state index < -0.39 is 17.0 Å². The summed E-state index contributed by atoms with van der Waals surface area (Å²) in [5.41, 5.74) is 3.19. The van der Waals surface area contributed by atoms with Crippen molar-refractivity contribution in [2.75, 3.05) is 0 Å². The highest BCUT2D eigenvalue weighted by Gasteiger charge is 2.31. The van der Waals surface area contributed by atoms with Gasteiger partial charge in [0.25, 0.3) is 0 Å². The maximum Gasteiger partial charge on any atom is 0.140 e. The van der Waals surface area contributed by atoms with Crippen molar-refractivity contribution in [2.24, 2.45) is 0 Å². The SMILES string of the molecule is O=CC1C(c2cccs2)=C(c2ccc(CS(=O)[O-])cc2)Oc2ccccc21. The van der Waals surface area contributed by atoms with E-state index in [4.69, 9.17) is 4.74 Å². The monoisotopic (exact) mass is 395 g/mol. The summed E-state index contributed by atoms with van der Waals surface area (Å²) in [6.45, 7) is 0. The smallest absolute Gasteiger partial charge is 0.140 e. The second-order valence-corrected chi connectivity index (χ2v) is 7.96. The average molecular weight is 395 g/mol. The standard InChI is InChI=1S/C21H16O4S2/c22-12-17-16-4-1-2-5-18(16)25-21(20(17)19-6-3-11-26-19)15-9-7-14(8-10-15)13-27(23)24/h1-12,17H,13H2,(H,23,24)/p-1. The highest BCUT2D eigenvalue weighted by molar-refractivity contribution is 7.78. The van der Waals surface area contributed by atoms with Crippen LogP contribution >= 0.6 is 11.3 Å². The number of carbonyl (C=O) groups is 1. The van der Waals surface area contributed by atoms with Crippen LogP contribution in [0.2, 0.25) is 0 Å². The van der Waals surface area contributed by atoms with Gasteiger partial charge in [0.2, 0.25) is 0 Å². The molecule has 0 saturated carbocycles. The molecule has 2 heterocycles. The Morgan fingerprint density at radius 1 is 1.07 bits per heavy atom. The molecule has 27 heavy (non-hydrogen) atoms. The summed E-state index contributed by atoms with van der Waals surface area (Å²) in [5.74, 6) is 0.840. The molecule has 0 saturated heterocycles. The molecular weight excluding hydrogens is 380 g/mol. The highest BCUT2D eigenvalue weighted by Crippen LogP contribution is 2.46. The van der Waals surface area contributed by atoms with Gasteiger partial charge in [-0.15, -0.1) is 11.3 Å². The van der Waals surface area contributed by atoms with Crippen molar-refractivity contribution in [1.29, 1.82) is 0 Å². The average Bonchev–Trinajstić information content (AvgIpc) is 3.21. The van der Waals surface area contributed by atoms with E-state index in [1.807, 2.05) is 53.9 Å². The van der Waals surface area contributed by atoms with E-state index >= 15 is 0 Å². The molecule has 4 nitrogen and oxygen atoms in total. The Morgan fingerprint density at radius 2 is 1.85 bits per heavy atom. The minimum atomic E-state index is -2.13. The van der Waals surface area contributed by atoms with Gasteiger partial charge in [-0.1, -0.05) is 59.6 Å². The molecule has 0 amide bonds. The van der Waals surface area contributed by atoms with Crippen LogP contribution in [0.4, 0.5) is 0 Å². The number of fused-ring (bicyclic) bond motifs is 1. The van der Waals surface area contributed by atoms with Crippen LogP contribution in [0.25, 0.3) is 11.3 Å². The van der Waals surface area contributed by atoms with Gasteiger partial charge in [0, 0.05) is 27.3 Å². The van der Waals surface area contributed by atoms with Crippen LogP contribution in [0, 0.1) is 0 Å². The summed E-state index contributed by atoms with van der Waals surface area (Å²) in [4.78, 5) is 13.0. The van der Waals surface area contributed by atoms with Gasteiger partial charge < -0.3 is 14.1 Å². The fourth-order valence-electron chi connectivity index (χ4n) is 3.23. The van der Waals surface area contributed by atoms with E-state index in [0.29, 0.717) is 17.1 Å². The molecule has 1 aliphatic heterocycles. The number of hydrogen-bond donors (Lipinski definition) is 0. The molecule has 2 aromatic carbocycles. The molecule has 0 spiro atoms. The van der Waals surface area contributed by atoms with Gasteiger partial charge >= 0.3 is 0 Å². The summed E-state index contributed by atoms with van der Waals surface area (Å²) in [7, 11) is 0. The van der Waals surface area contributed by atoms with Crippen LogP contribution in [0.1, 0.15) is 27.5 Å². The first-order chi connectivity index (χ1) is 13.2. The number of para-hydroxylation sites is 1. The van der Waals surface area contributed by atoms with Crippen molar-refractivity contribution < 1.29 is 18.3 Å². The molecule has 0 aliphatic carbocycles. The summed E-state index contributed by atoms with van der Waals surface area (Å²) in [6, 6.07) is 18.7. The number of thiophene rings is 1. The Hall–Kier alpha value is -2.54. The van der Waals surface area contributed by atoms with Gasteiger partial charge in [-0.25, -0.2) is 0 Å². The molecule has 3 aromatic rings. The number of carbonyl (C=O) groups excluding carboxylic acids is 1. The van der Waals surface area contributed by atoms with E-state index in [0.717, 1.165) is 27.9 Å². The molecule has 4 rings (SSSR count). The Labute approximate surface area is 163 Å². The third-order valence-electron chi connectivity index (χ3n) is 4.45. The highest BCUT2D eigenvalue weighted by atomic mass is 32.2. The van der Waals surface area contributed by atoms with Crippen LogP contribution in [0.3, 0.4) is 0 Å². The fourth-order valence-corrected chi connectivity index (χ4v) is 4.51. The van der Waals surface area contributed by atoms with Gasteiger partial charge in [0.15, 0.2) is 0 Å². The van der Waals surface area contributed by atoms with Crippen LogP contribution in [-0.2, 0) is 21.6 Å². The van der Waals surface area contributed by atoms with Gasteiger partial charge in [0.1, 0.15) is 17.8 Å². The number of rotatable bonds is 5. The fraction of sp³-hybridized carbons (Fsp3) is 0.0952. The maximum absolute atomic E-state index is 12.0. The first-order valence-corrected chi connectivity index (χ1v) is 10.4. The van der Waals surface area contributed by atoms with Crippen LogP contribution in [0.15, 0.2) is 66.0 Å². The number of aldehydes is 1. The lowest BCUT2D eigenvalue weighted by Crippen LogP contribution is -2.15. The normalized spacial score (nSPS) is 17.1. The predicted molar refractivity (Wildman–Crippen MR) is 106 cm³/mol. The van der Waals surface area contributed by atoms with E-state index in [1.54, 1.807) is 23.5 Å². The van der Waals surface area contributed by atoms with Gasteiger partial charge in [-0.05, 0) is 23.1 Å². The zero-order valence-electron chi connectivity index (χ0n) is 14.2. The third-order valence-corrected chi connectivity index (χ3v) is 5.92. The van der Waals surface area contributed by atoms with Crippen LogP contribution in [-0.4, -0.2) is 15.0 Å². The van der Waals surface area contributed by atoms with Crippen molar-refractivity contribution in [3.8, 4) is 5.75 Å². The quantitative estimate of drug-likeness (QED) is 0.475. The molecule has 2 unspecified atom stereocenters. The molecule has 1 aliphatic rings. The molecule has 0 bridgehead atoms. The van der Waals surface area contributed by atoms with Gasteiger partial charge in [-0.2, -0.15) is 0 Å². The van der Waals surface area contributed by atoms with Gasteiger partial charge in [-0.3, -0.25) is 4.21 Å². The second kappa shape index (κ2) is 7.60. The topological polar surface area (TPSA) is 66.4 Å². The molecule has 6 heteroatoms. The maximum atomic E-state index is 12.0. The van der Waals surface area contributed by atoms with Crippen molar-refractivity contribution in [3.05, 3.63) is 87.6 Å². The Balaban J connectivity index is 1.86. The lowest BCUT2D eigenvalue weighted by atomic mass is 9.86. The summed E-state index contributed by atoms with van der Waals surface area (Å²) < 4.78 is 28.0. The number of ether oxygens (including phenoxy) is 1. The van der Waals surface area contributed by atoms with Crippen molar-refractivity contribution >= 4 is 40.0 Å². The van der Waals surface area contributed by atoms with Crippen molar-refractivity contribution in [1.82, 2.24) is 0 Å². The summed E-state index contributed by atoms with van der Waals surface area (Å²) >= 11 is -0.579. The molecular formula is C21H15O4S2-. The Kier molecular flexibility index (Phi) is 5.03. The lowest BCUT2D eigenvalue weighted by molar-refractivity contribution is -0.108. The van der Waals surface area contributed by atoms with Crippen molar-refractivity contribution in [3.63, 3.8) is 0 Å². The summed E-state index contributed by atoms with van der Waals surface area (Å²) in [6.07, 6.45) is 0.950.